The molecule has 3 heteroatoms. The zero-order chi connectivity index (χ0) is 12.5. The smallest absolute Gasteiger partial charge is 0.338 e. The summed E-state index contributed by atoms with van der Waals surface area (Å²) >= 11 is 0. The van der Waals surface area contributed by atoms with E-state index < -0.39 is 0 Å². The predicted octanol–water partition coefficient (Wildman–Crippen LogP) is 2.98. The molecule has 0 aromatic heterocycles. The highest BCUT2D eigenvalue weighted by atomic mass is 16.5. The van der Waals surface area contributed by atoms with E-state index in [2.05, 4.69) is 6.58 Å². The second kappa shape index (κ2) is 7.28. The van der Waals surface area contributed by atoms with Crippen molar-refractivity contribution in [2.24, 2.45) is 0 Å². The first-order chi connectivity index (χ1) is 8.27. The monoisotopic (exact) mass is 232 g/mol. The molecule has 90 valence electrons. The lowest BCUT2D eigenvalue weighted by molar-refractivity contribution is 0.0549. The number of esters is 1. The summed E-state index contributed by atoms with van der Waals surface area (Å²) in [6, 6.07) is 6.80. The highest BCUT2D eigenvalue weighted by molar-refractivity contribution is 5.89. The van der Waals surface area contributed by atoms with Crippen molar-refractivity contribution in [3.05, 3.63) is 54.6 Å². The molecule has 0 aliphatic rings. The van der Waals surface area contributed by atoms with Gasteiger partial charge in [0.25, 0.3) is 0 Å². The third-order valence-corrected chi connectivity index (χ3v) is 2.11. The molecule has 0 aliphatic heterocycles. The summed E-state index contributed by atoms with van der Waals surface area (Å²) in [6.45, 7) is 3.86. The van der Waals surface area contributed by atoms with E-state index in [1.807, 2.05) is 6.08 Å². The van der Waals surface area contributed by atoms with Crippen molar-refractivity contribution in [3.8, 4) is 5.75 Å². The topological polar surface area (TPSA) is 35.5 Å². The average Bonchev–Trinajstić information content (AvgIpc) is 2.38. The number of allylic oxidation sites excluding steroid dienone is 2. The van der Waals surface area contributed by atoms with Gasteiger partial charge in [-0.05, 0) is 30.7 Å². The lowest BCUT2D eigenvalue weighted by Crippen LogP contribution is -2.04. The van der Waals surface area contributed by atoms with Crippen LogP contribution in [0.2, 0.25) is 0 Å². The molecular weight excluding hydrogens is 216 g/mol. The summed E-state index contributed by atoms with van der Waals surface area (Å²) in [6.07, 6.45) is 6.25. The number of hydrogen-bond acceptors (Lipinski definition) is 3. The molecule has 0 saturated heterocycles. The van der Waals surface area contributed by atoms with Crippen LogP contribution in [0.4, 0.5) is 0 Å². The Labute approximate surface area is 101 Å². The predicted molar refractivity (Wildman–Crippen MR) is 67.2 cm³/mol. The summed E-state index contributed by atoms with van der Waals surface area (Å²) < 4.78 is 10.0. The second-order valence-corrected chi connectivity index (χ2v) is 3.32. The van der Waals surface area contributed by atoms with Crippen molar-refractivity contribution in [1.29, 1.82) is 0 Å². The number of carbonyl (C=O) groups is 1. The Kier molecular flexibility index (Phi) is 5.58. The van der Waals surface area contributed by atoms with Crippen LogP contribution in [0.25, 0.3) is 0 Å². The van der Waals surface area contributed by atoms with Gasteiger partial charge in [0, 0.05) is 0 Å². The molecule has 0 saturated carbocycles. The third-order valence-electron chi connectivity index (χ3n) is 2.11. The van der Waals surface area contributed by atoms with Crippen LogP contribution in [0.1, 0.15) is 16.8 Å². The first kappa shape index (κ1) is 13.0. The van der Waals surface area contributed by atoms with E-state index in [0.717, 1.165) is 6.42 Å². The number of rotatable bonds is 6. The van der Waals surface area contributed by atoms with Gasteiger partial charge in [0.1, 0.15) is 12.4 Å². The molecule has 1 aromatic rings. The van der Waals surface area contributed by atoms with Crippen LogP contribution < -0.4 is 4.74 Å². The molecule has 0 bridgehead atoms. The highest BCUT2D eigenvalue weighted by Gasteiger charge is 2.05. The molecule has 0 heterocycles. The third kappa shape index (κ3) is 4.55. The van der Waals surface area contributed by atoms with Gasteiger partial charge in [-0.2, -0.15) is 0 Å². The zero-order valence-electron chi connectivity index (χ0n) is 9.89. The van der Waals surface area contributed by atoms with E-state index in [1.54, 1.807) is 43.5 Å². The summed E-state index contributed by atoms with van der Waals surface area (Å²) in [5, 5.41) is 0. The number of ether oxygens (including phenoxy) is 2. The van der Waals surface area contributed by atoms with Gasteiger partial charge in [-0.25, -0.2) is 4.79 Å². The van der Waals surface area contributed by atoms with Gasteiger partial charge in [0.15, 0.2) is 0 Å². The van der Waals surface area contributed by atoms with Crippen LogP contribution in [-0.2, 0) is 4.74 Å². The van der Waals surface area contributed by atoms with Crippen LogP contribution in [0.5, 0.6) is 5.75 Å². The maximum absolute atomic E-state index is 11.6. The average molecular weight is 232 g/mol. The molecular formula is C14H16O3. The molecule has 0 fully saturated rings. The number of methoxy groups -OCH3 is 1. The number of benzene rings is 1. The van der Waals surface area contributed by atoms with Gasteiger partial charge in [0.05, 0.1) is 12.7 Å². The summed E-state index contributed by atoms with van der Waals surface area (Å²) in [5.74, 6) is 0.378. The van der Waals surface area contributed by atoms with Crippen LogP contribution in [-0.4, -0.2) is 19.7 Å². The molecule has 0 N–H and O–H groups in total. The van der Waals surface area contributed by atoms with Gasteiger partial charge < -0.3 is 9.47 Å². The Morgan fingerprint density at radius 1 is 1.29 bits per heavy atom. The van der Waals surface area contributed by atoms with Crippen molar-refractivity contribution in [2.75, 3.05) is 13.7 Å². The number of hydrogen-bond donors (Lipinski definition) is 0. The highest BCUT2D eigenvalue weighted by Crippen LogP contribution is 2.11. The molecule has 0 unspecified atom stereocenters. The lowest BCUT2D eigenvalue weighted by atomic mass is 10.2. The Morgan fingerprint density at radius 3 is 2.59 bits per heavy atom. The Morgan fingerprint density at radius 2 is 2.00 bits per heavy atom. The van der Waals surface area contributed by atoms with Gasteiger partial charge in [0.2, 0.25) is 0 Å². The molecule has 0 amide bonds. The van der Waals surface area contributed by atoms with Crippen LogP contribution in [0, 0.1) is 0 Å². The van der Waals surface area contributed by atoms with Crippen molar-refractivity contribution < 1.29 is 14.3 Å². The Bertz CT molecular complexity index is 390. The largest absolute Gasteiger partial charge is 0.497 e. The molecule has 0 aliphatic carbocycles. The minimum Gasteiger partial charge on any atom is -0.497 e. The SMILES string of the molecule is C=CC/C=C/COC(=O)c1ccc(OC)cc1. The fourth-order valence-corrected chi connectivity index (χ4v) is 1.19. The summed E-state index contributed by atoms with van der Waals surface area (Å²) in [4.78, 5) is 11.6. The molecule has 1 aromatic carbocycles. The molecule has 3 nitrogen and oxygen atoms in total. The molecule has 1 rings (SSSR count). The van der Waals surface area contributed by atoms with Crippen molar-refractivity contribution in [1.82, 2.24) is 0 Å². The van der Waals surface area contributed by atoms with E-state index in [1.165, 1.54) is 0 Å². The lowest BCUT2D eigenvalue weighted by Gasteiger charge is -2.03. The van der Waals surface area contributed by atoms with Crippen LogP contribution in [0.15, 0.2) is 49.1 Å². The van der Waals surface area contributed by atoms with E-state index in [9.17, 15) is 4.79 Å². The first-order valence-corrected chi connectivity index (χ1v) is 5.35. The number of carbonyl (C=O) groups excluding carboxylic acids is 1. The van der Waals surface area contributed by atoms with Crippen molar-refractivity contribution >= 4 is 5.97 Å². The van der Waals surface area contributed by atoms with E-state index in [4.69, 9.17) is 9.47 Å². The quantitative estimate of drug-likeness (QED) is 0.558. The summed E-state index contributed by atoms with van der Waals surface area (Å²) in [7, 11) is 1.58. The van der Waals surface area contributed by atoms with E-state index >= 15 is 0 Å². The van der Waals surface area contributed by atoms with Crippen LogP contribution >= 0.6 is 0 Å². The van der Waals surface area contributed by atoms with Gasteiger partial charge in [-0.15, -0.1) is 6.58 Å². The second-order valence-electron chi connectivity index (χ2n) is 3.32. The Balaban J connectivity index is 2.43. The first-order valence-electron chi connectivity index (χ1n) is 5.35. The maximum Gasteiger partial charge on any atom is 0.338 e. The molecule has 0 spiro atoms. The molecule has 17 heavy (non-hydrogen) atoms. The van der Waals surface area contributed by atoms with Crippen molar-refractivity contribution in [3.63, 3.8) is 0 Å². The Hall–Kier alpha value is -2.03. The fourth-order valence-electron chi connectivity index (χ4n) is 1.19. The standard InChI is InChI=1S/C14H16O3/c1-3-4-5-6-11-17-14(15)12-7-9-13(16-2)10-8-12/h3,5-10H,1,4,11H2,2H3/b6-5+. The van der Waals surface area contributed by atoms with Gasteiger partial charge in [-0.1, -0.05) is 18.2 Å². The summed E-state index contributed by atoms with van der Waals surface area (Å²) in [5.41, 5.74) is 0.517. The maximum atomic E-state index is 11.6. The zero-order valence-corrected chi connectivity index (χ0v) is 9.89. The fraction of sp³-hybridized carbons (Fsp3) is 0.214. The van der Waals surface area contributed by atoms with E-state index in [0.29, 0.717) is 11.3 Å². The van der Waals surface area contributed by atoms with E-state index in [-0.39, 0.29) is 12.6 Å². The normalized spacial score (nSPS) is 10.2. The minimum absolute atomic E-state index is 0.276. The van der Waals surface area contributed by atoms with Gasteiger partial charge in [-0.3, -0.25) is 0 Å². The molecule has 0 atom stereocenters. The van der Waals surface area contributed by atoms with Gasteiger partial charge >= 0.3 is 5.97 Å². The van der Waals surface area contributed by atoms with Crippen LogP contribution in [0.3, 0.4) is 0 Å². The molecule has 0 radical (unpaired) electrons. The van der Waals surface area contributed by atoms with Crippen molar-refractivity contribution in [2.45, 2.75) is 6.42 Å². The minimum atomic E-state index is -0.337.